The maximum atomic E-state index is 13.8. The van der Waals surface area contributed by atoms with Gasteiger partial charge in [0.15, 0.2) is 0 Å². The van der Waals surface area contributed by atoms with Crippen LogP contribution in [0.15, 0.2) is 29.2 Å². The van der Waals surface area contributed by atoms with Crippen LogP contribution in [0, 0.1) is 5.82 Å². The van der Waals surface area contributed by atoms with E-state index in [9.17, 15) is 22.4 Å². The van der Waals surface area contributed by atoms with Crippen LogP contribution >= 0.6 is 0 Å². The van der Waals surface area contributed by atoms with Crippen molar-refractivity contribution < 1.29 is 22.4 Å². The molecular weight excluding hydrogens is 387 g/mol. The van der Waals surface area contributed by atoms with Gasteiger partial charge in [0.2, 0.25) is 15.9 Å². The van der Waals surface area contributed by atoms with E-state index in [0.717, 1.165) is 31.7 Å². The van der Waals surface area contributed by atoms with Gasteiger partial charge in [0.1, 0.15) is 10.7 Å². The molecule has 28 heavy (non-hydrogen) atoms. The number of benzene rings is 1. The zero-order chi connectivity index (χ0) is 20.1. The second-order valence-corrected chi connectivity index (χ2v) is 9.02. The van der Waals surface area contributed by atoms with Gasteiger partial charge in [0.25, 0.3) is 0 Å². The number of nitrogens with one attached hydrogen (secondary N) is 2. The van der Waals surface area contributed by atoms with Crippen LogP contribution in [0.1, 0.15) is 25.7 Å². The molecule has 0 unspecified atom stereocenters. The summed E-state index contributed by atoms with van der Waals surface area (Å²) in [6.07, 6.45) is 4.03. The van der Waals surface area contributed by atoms with Gasteiger partial charge in [-0.2, -0.15) is 4.31 Å². The van der Waals surface area contributed by atoms with Crippen LogP contribution < -0.4 is 10.6 Å². The molecule has 1 aromatic carbocycles. The van der Waals surface area contributed by atoms with Gasteiger partial charge in [-0.15, -0.1) is 0 Å². The summed E-state index contributed by atoms with van der Waals surface area (Å²) in [5, 5.41) is 5.10. The Balaban J connectivity index is 1.46. The third kappa shape index (κ3) is 5.06. The summed E-state index contributed by atoms with van der Waals surface area (Å²) in [4.78, 5) is 25.3. The fraction of sp³-hybridized carbons (Fsp3) is 0.556. The van der Waals surface area contributed by atoms with Crippen molar-refractivity contribution in [2.45, 2.75) is 36.6 Å². The number of urea groups is 1. The summed E-state index contributed by atoms with van der Waals surface area (Å²) < 4.78 is 40.2. The van der Waals surface area contributed by atoms with Gasteiger partial charge >= 0.3 is 6.03 Å². The Labute approximate surface area is 164 Å². The van der Waals surface area contributed by atoms with Gasteiger partial charge in [0, 0.05) is 32.2 Å². The van der Waals surface area contributed by atoms with Crippen LogP contribution in [0.5, 0.6) is 0 Å². The molecule has 10 heteroatoms. The third-order valence-electron chi connectivity index (χ3n) is 5.10. The first-order chi connectivity index (χ1) is 13.4. The predicted molar refractivity (Wildman–Crippen MR) is 101 cm³/mol. The van der Waals surface area contributed by atoms with Gasteiger partial charge in [-0.25, -0.2) is 17.6 Å². The molecule has 8 nitrogen and oxygen atoms in total. The number of rotatable bonds is 5. The Kier molecular flexibility index (Phi) is 6.63. The van der Waals surface area contributed by atoms with E-state index >= 15 is 0 Å². The SMILES string of the molecule is O=C(CN1CCN(S(=O)(=O)c2ccccc2F)CC1)NC(=O)NC1CCCC1. The van der Waals surface area contributed by atoms with E-state index in [0.29, 0.717) is 13.1 Å². The Hall–Kier alpha value is -2.04. The normalized spacial score (nSPS) is 19.5. The van der Waals surface area contributed by atoms with Gasteiger partial charge in [-0.1, -0.05) is 25.0 Å². The number of hydrogen-bond donors (Lipinski definition) is 2. The van der Waals surface area contributed by atoms with E-state index in [4.69, 9.17) is 0 Å². The maximum absolute atomic E-state index is 13.8. The van der Waals surface area contributed by atoms with E-state index in [2.05, 4.69) is 10.6 Å². The smallest absolute Gasteiger partial charge is 0.321 e. The minimum absolute atomic E-state index is 0.00563. The van der Waals surface area contributed by atoms with Crippen molar-refractivity contribution in [1.29, 1.82) is 0 Å². The monoisotopic (exact) mass is 412 g/mol. The van der Waals surface area contributed by atoms with Crippen LogP contribution in [0.3, 0.4) is 0 Å². The summed E-state index contributed by atoms with van der Waals surface area (Å²) in [6.45, 7) is 0.957. The lowest BCUT2D eigenvalue weighted by Gasteiger charge is -2.33. The summed E-state index contributed by atoms with van der Waals surface area (Å²) in [5.41, 5.74) is 0. The molecule has 0 aromatic heterocycles. The molecule has 1 saturated heterocycles. The minimum atomic E-state index is -3.91. The second-order valence-electron chi connectivity index (χ2n) is 7.11. The van der Waals surface area contributed by atoms with E-state index in [1.54, 1.807) is 4.90 Å². The molecule has 2 fully saturated rings. The number of carbonyl (C=O) groups is 2. The molecular formula is C18H25FN4O4S. The van der Waals surface area contributed by atoms with Crippen LogP contribution in [0.2, 0.25) is 0 Å². The average molecular weight is 412 g/mol. The molecule has 1 aliphatic heterocycles. The Morgan fingerprint density at radius 3 is 2.36 bits per heavy atom. The first-order valence-corrected chi connectivity index (χ1v) is 10.9. The molecule has 1 aliphatic carbocycles. The number of halogens is 1. The first-order valence-electron chi connectivity index (χ1n) is 9.43. The van der Waals surface area contributed by atoms with E-state index in [1.807, 2.05) is 0 Å². The first kappa shape index (κ1) is 20.7. The maximum Gasteiger partial charge on any atom is 0.321 e. The molecule has 0 radical (unpaired) electrons. The molecule has 0 spiro atoms. The topological polar surface area (TPSA) is 98.8 Å². The van der Waals surface area contributed by atoms with Gasteiger partial charge in [-0.05, 0) is 25.0 Å². The van der Waals surface area contributed by atoms with Gasteiger partial charge < -0.3 is 5.32 Å². The molecule has 1 saturated carbocycles. The number of amides is 3. The highest BCUT2D eigenvalue weighted by atomic mass is 32.2. The predicted octanol–water partition coefficient (Wildman–Crippen LogP) is 0.900. The molecule has 3 rings (SSSR count). The highest BCUT2D eigenvalue weighted by molar-refractivity contribution is 7.89. The molecule has 0 atom stereocenters. The van der Waals surface area contributed by atoms with Gasteiger partial charge in [0.05, 0.1) is 6.54 Å². The second kappa shape index (κ2) is 8.97. The quantitative estimate of drug-likeness (QED) is 0.749. The Morgan fingerprint density at radius 1 is 1.07 bits per heavy atom. The van der Waals surface area contributed by atoms with Crippen LogP contribution in [0.25, 0.3) is 0 Å². The molecule has 2 N–H and O–H groups in total. The molecule has 3 amide bonds. The van der Waals surface area contributed by atoms with Crippen molar-refractivity contribution in [2.75, 3.05) is 32.7 Å². The number of sulfonamides is 1. The fourth-order valence-corrected chi connectivity index (χ4v) is 5.07. The van der Waals surface area contributed by atoms with Crippen LogP contribution in [0.4, 0.5) is 9.18 Å². The lowest BCUT2D eigenvalue weighted by molar-refractivity contribution is -0.121. The molecule has 1 heterocycles. The van der Waals surface area contributed by atoms with Crippen molar-refractivity contribution in [3.63, 3.8) is 0 Å². The molecule has 2 aliphatic rings. The molecule has 0 bridgehead atoms. The Bertz CT molecular complexity index is 819. The van der Waals surface area contributed by atoms with Crippen molar-refractivity contribution in [2.24, 2.45) is 0 Å². The summed E-state index contributed by atoms with van der Waals surface area (Å²) in [5.74, 6) is -1.21. The largest absolute Gasteiger partial charge is 0.335 e. The highest BCUT2D eigenvalue weighted by Crippen LogP contribution is 2.20. The highest BCUT2D eigenvalue weighted by Gasteiger charge is 2.31. The summed E-state index contributed by atoms with van der Waals surface area (Å²) in [6, 6.07) is 4.91. The van der Waals surface area contributed by atoms with E-state index in [1.165, 1.54) is 22.5 Å². The number of nitrogens with zero attached hydrogens (tertiary/aromatic N) is 2. The lowest BCUT2D eigenvalue weighted by atomic mass is 10.2. The zero-order valence-electron chi connectivity index (χ0n) is 15.6. The molecule has 1 aromatic rings. The van der Waals surface area contributed by atoms with Crippen LogP contribution in [-0.4, -0.2) is 68.3 Å². The number of carbonyl (C=O) groups excluding carboxylic acids is 2. The number of imide groups is 1. The van der Waals surface area contributed by atoms with E-state index in [-0.39, 0.29) is 30.6 Å². The van der Waals surface area contributed by atoms with Crippen molar-refractivity contribution >= 4 is 22.0 Å². The van der Waals surface area contributed by atoms with Gasteiger partial charge in [-0.3, -0.25) is 15.0 Å². The van der Waals surface area contributed by atoms with Crippen molar-refractivity contribution in [1.82, 2.24) is 19.8 Å². The lowest BCUT2D eigenvalue weighted by Crippen LogP contribution is -2.52. The standard InChI is InChI=1S/C18H25FN4O4S/c19-15-7-3-4-8-16(15)28(26,27)23-11-9-22(10-12-23)13-17(24)21-18(25)20-14-5-1-2-6-14/h3-4,7-8,14H,1-2,5-6,9-13H2,(H2,20,21,24,25). The third-order valence-corrected chi connectivity index (χ3v) is 7.03. The van der Waals surface area contributed by atoms with Crippen molar-refractivity contribution in [3.05, 3.63) is 30.1 Å². The summed E-state index contributed by atoms with van der Waals surface area (Å²) in [7, 11) is -3.91. The zero-order valence-corrected chi connectivity index (χ0v) is 16.4. The fourth-order valence-electron chi connectivity index (χ4n) is 3.58. The Morgan fingerprint density at radius 2 is 1.71 bits per heavy atom. The minimum Gasteiger partial charge on any atom is -0.335 e. The number of hydrogen-bond acceptors (Lipinski definition) is 5. The van der Waals surface area contributed by atoms with Crippen LogP contribution in [-0.2, 0) is 14.8 Å². The average Bonchev–Trinajstić information content (AvgIpc) is 3.15. The van der Waals surface area contributed by atoms with Crippen molar-refractivity contribution in [3.8, 4) is 0 Å². The molecule has 154 valence electrons. The van der Waals surface area contributed by atoms with E-state index < -0.39 is 27.8 Å². The summed E-state index contributed by atoms with van der Waals surface area (Å²) >= 11 is 0. The number of piperazine rings is 1.